The average molecular weight is 307 g/mol. The summed E-state index contributed by atoms with van der Waals surface area (Å²) in [5.41, 5.74) is 2.17. The summed E-state index contributed by atoms with van der Waals surface area (Å²) in [6.45, 7) is 9.60. The maximum absolute atomic E-state index is 12.5. The third-order valence-corrected chi connectivity index (χ3v) is 4.82. The minimum absolute atomic E-state index is 0.180. The second-order valence-electron chi connectivity index (χ2n) is 6.29. The fourth-order valence-electron chi connectivity index (χ4n) is 3.33. The molecule has 2 fully saturated rings. The Bertz CT molecular complexity index is 495. The predicted molar refractivity (Wildman–Crippen MR) is 81.4 cm³/mol. The first-order valence-electron chi connectivity index (χ1n) is 8.16. The lowest BCUT2D eigenvalue weighted by atomic mass is 9.94. The fourth-order valence-corrected chi connectivity index (χ4v) is 3.33. The van der Waals surface area contributed by atoms with Crippen molar-refractivity contribution in [3.63, 3.8) is 0 Å². The van der Waals surface area contributed by atoms with Crippen LogP contribution in [0, 0.1) is 19.8 Å². The summed E-state index contributed by atoms with van der Waals surface area (Å²) < 4.78 is 10.5. The maximum Gasteiger partial charge on any atom is 0.225 e. The van der Waals surface area contributed by atoms with Gasteiger partial charge in [-0.25, -0.2) is 0 Å². The van der Waals surface area contributed by atoms with Crippen LogP contribution in [0.5, 0.6) is 0 Å². The quantitative estimate of drug-likeness (QED) is 0.844. The summed E-state index contributed by atoms with van der Waals surface area (Å²) in [6.07, 6.45) is 1.89. The zero-order valence-electron chi connectivity index (χ0n) is 13.5. The van der Waals surface area contributed by atoms with E-state index in [9.17, 15) is 4.79 Å². The normalized spacial score (nSPS) is 21.3. The van der Waals surface area contributed by atoms with E-state index in [1.54, 1.807) is 0 Å². The molecule has 3 rings (SSSR count). The van der Waals surface area contributed by atoms with Crippen LogP contribution >= 0.6 is 0 Å². The zero-order valence-corrected chi connectivity index (χ0v) is 13.5. The van der Waals surface area contributed by atoms with Crippen molar-refractivity contribution in [1.29, 1.82) is 0 Å². The van der Waals surface area contributed by atoms with Crippen molar-refractivity contribution >= 4 is 5.91 Å². The van der Waals surface area contributed by atoms with Crippen LogP contribution in [0.15, 0.2) is 4.52 Å². The number of hydrogen-bond acceptors (Lipinski definition) is 5. The lowest BCUT2D eigenvalue weighted by molar-refractivity contribution is -0.141. The summed E-state index contributed by atoms with van der Waals surface area (Å²) in [5, 5.41) is 4.01. The number of morpholine rings is 1. The Labute approximate surface area is 131 Å². The maximum atomic E-state index is 12.5. The molecule has 2 saturated heterocycles. The first kappa shape index (κ1) is 15.5. The molecule has 1 aromatic heterocycles. The highest BCUT2D eigenvalue weighted by Crippen LogP contribution is 2.23. The summed E-state index contributed by atoms with van der Waals surface area (Å²) >= 11 is 0. The van der Waals surface area contributed by atoms with Gasteiger partial charge >= 0.3 is 0 Å². The molecule has 22 heavy (non-hydrogen) atoms. The van der Waals surface area contributed by atoms with Gasteiger partial charge < -0.3 is 14.2 Å². The molecule has 3 heterocycles. The van der Waals surface area contributed by atoms with Crippen molar-refractivity contribution < 1.29 is 14.1 Å². The summed E-state index contributed by atoms with van der Waals surface area (Å²) in [6, 6.07) is 0. The Kier molecular flexibility index (Phi) is 4.78. The molecule has 0 spiro atoms. The van der Waals surface area contributed by atoms with Crippen molar-refractivity contribution in [1.82, 2.24) is 15.0 Å². The highest BCUT2D eigenvalue weighted by Gasteiger charge is 2.29. The summed E-state index contributed by atoms with van der Waals surface area (Å²) in [5.74, 6) is 1.41. The predicted octanol–water partition coefficient (Wildman–Crippen LogP) is 1.36. The number of nitrogens with zero attached hydrogens (tertiary/aromatic N) is 3. The van der Waals surface area contributed by atoms with Gasteiger partial charge in [-0.3, -0.25) is 9.69 Å². The van der Waals surface area contributed by atoms with Gasteiger partial charge in [0.15, 0.2) is 0 Å². The molecule has 0 atom stereocenters. The SMILES string of the molecule is Cc1noc(C)c1CN1CCC(C(=O)N2CCOCC2)CC1. The fraction of sp³-hybridized carbons (Fsp3) is 0.750. The number of ether oxygens (including phenoxy) is 1. The third kappa shape index (κ3) is 3.33. The third-order valence-electron chi connectivity index (χ3n) is 4.82. The Morgan fingerprint density at radius 2 is 1.86 bits per heavy atom. The average Bonchev–Trinajstić information content (AvgIpc) is 2.88. The van der Waals surface area contributed by atoms with Gasteiger partial charge in [-0.05, 0) is 39.8 Å². The second-order valence-corrected chi connectivity index (χ2v) is 6.29. The number of likely N-dealkylation sites (tertiary alicyclic amines) is 1. The molecule has 0 bridgehead atoms. The van der Waals surface area contributed by atoms with E-state index in [1.165, 1.54) is 5.56 Å². The van der Waals surface area contributed by atoms with Gasteiger partial charge in [-0.2, -0.15) is 0 Å². The molecule has 122 valence electrons. The standard InChI is InChI=1S/C16H25N3O3/c1-12-15(13(2)22-17-12)11-18-5-3-14(4-6-18)16(20)19-7-9-21-10-8-19/h14H,3-11H2,1-2H3. The minimum atomic E-state index is 0.180. The van der Waals surface area contributed by atoms with Crippen LogP contribution < -0.4 is 0 Å². The van der Waals surface area contributed by atoms with Gasteiger partial charge in [0.1, 0.15) is 5.76 Å². The topological polar surface area (TPSA) is 58.8 Å². The second kappa shape index (κ2) is 6.79. The van der Waals surface area contributed by atoms with E-state index in [0.717, 1.165) is 57.0 Å². The summed E-state index contributed by atoms with van der Waals surface area (Å²) in [4.78, 5) is 16.9. The van der Waals surface area contributed by atoms with E-state index in [4.69, 9.17) is 9.26 Å². The molecule has 0 N–H and O–H groups in total. The van der Waals surface area contributed by atoms with Crippen molar-refractivity contribution in [2.75, 3.05) is 39.4 Å². The molecule has 2 aliphatic heterocycles. The molecular formula is C16H25N3O3. The van der Waals surface area contributed by atoms with Gasteiger partial charge in [0.2, 0.25) is 5.91 Å². The first-order valence-corrected chi connectivity index (χ1v) is 8.16. The number of amides is 1. The van der Waals surface area contributed by atoms with Crippen LogP contribution in [0.25, 0.3) is 0 Å². The number of rotatable bonds is 3. The molecule has 1 amide bonds. The monoisotopic (exact) mass is 307 g/mol. The Balaban J connectivity index is 1.51. The molecule has 6 nitrogen and oxygen atoms in total. The Hall–Kier alpha value is -1.40. The summed E-state index contributed by atoms with van der Waals surface area (Å²) in [7, 11) is 0. The minimum Gasteiger partial charge on any atom is -0.378 e. The number of aromatic nitrogens is 1. The number of carbonyl (C=O) groups excluding carboxylic acids is 1. The van der Waals surface area contributed by atoms with Crippen LogP contribution in [0.1, 0.15) is 29.9 Å². The largest absolute Gasteiger partial charge is 0.378 e. The molecule has 0 aromatic carbocycles. The highest BCUT2D eigenvalue weighted by atomic mass is 16.5. The van der Waals surface area contributed by atoms with E-state index < -0.39 is 0 Å². The van der Waals surface area contributed by atoms with Gasteiger partial charge in [0, 0.05) is 31.1 Å². The van der Waals surface area contributed by atoms with E-state index in [0.29, 0.717) is 19.1 Å². The number of piperidine rings is 1. The van der Waals surface area contributed by atoms with Crippen molar-refractivity contribution in [2.45, 2.75) is 33.2 Å². The molecule has 0 unspecified atom stereocenters. The molecular weight excluding hydrogens is 282 g/mol. The van der Waals surface area contributed by atoms with Crippen molar-refractivity contribution in [2.24, 2.45) is 5.92 Å². The number of hydrogen-bond donors (Lipinski definition) is 0. The number of carbonyl (C=O) groups is 1. The molecule has 0 aliphatic carbocycles. The Morgan fingerprint density at radius 3 is 2.45 bits per heavy atom. The molecule has 0 radical (unpaired) electrons. The molecule has 1 aromatic rings. The number of aryl methyl sites for hydroxylation is 2. The van der Waals surface area contributed by atoms with Crippen molar-refractivity contribution in [3.05, 3.63) is 17.0 Å². The van der Waals surface area contributed by atoms with Crippen LogP contribution in [0.2, 0.25) is 0 Å². The van der Waals surface area contributed by atoms with Crippen LogP contribution in [0.4, 0.5) is 0 Å². The van der Waals surface area contributed by atoms with Crippen LogP contribution in [-0.4, -0.2) is 60.3 Å². The van der Waals surface area contributed by atoms with E-state index in [2.05, 4.69) is 10.1 Å². The van der Waals surface area contributed by atoms with Gasteiger partial charge in [0.05, 0.1) is 18.9 Å². The molecule has 0 saturated carbocycles. The first-order chi connectivity index (χ1) is 10.6. The van der Waals surface area contributed by atoms with Crippen LogP contribution in [-0.2, 0) is 16.1 Å². The van der Waals surface area contributed by atoms with Gasteiger partial charge in [0.25, 0.3) is 0 Å². The molecule has 2 aliphatic rings. The van der Waals surface area contributed by atoms with Crippen molar-refractivity contribution in [3.8, 4) is 0 Å². The molecule has 6 heteroatoms. The zero-order chi connectivity index (χ0) is 15.5. The van der Waals surface area contributed by atoms with Gasteiger partial charge in [-0.15, -0.1) is 0 Å². The lowest BCUT2D eigenvalue weighted by Crippen LogP contribution is -2.46. The van der Waals surface area contributed by atoms with E-state index in [1.807, 2.05) is 18.7 Å². The lowest BCUT2D eigenvalue weighted by Gasteiger charge is -2.35. The Morgan fingerprint density at radius 1 is 1.18 bits per heavy atom. The van der Waals surface area contributed by atoms with E-state index in [-0.39, 0.29) is 5.92 Å². The van der Waals surface area contributed by atoms with Gasteiger partial charge in [-0.1, -0.05) is 5.16 Å². The van der Waals surface area contributed by atoms with E-state index >= 15 is 0 Å². The smallest absolute Gasteiger partial charge is 0.225 e. The van der Waals surface area contributed by atoms with Crippen LogP contribution in [0.3, 0.4) is 0 Å². The highest BCUT2D eigenvalue weighted by molar-refractivity contribution is 5.79.